The third-order valence-electron chi connectivity index (χ3n) is 1.65. The average molecular weight is 203 g/mol. The van der Waals surface area contributed by atoms with Crippen LogP contribution < -0.4 is 0 Å². The molecule has 0 unspecified atom stereocenters. The number of hydrogen-bond acceptors (Lipinski definition) is 1. The molecule has 0 aliphatic heterocycles. The van der Waals surface area contributed by atoms with E-state index in [2.05, 4.69) is 0 Å². The smallest absolute Gasteiger partial charge is 0.253 e. The van der Waals surface area contributed by atoms with Crippen LogP contribution in [0.2, 0.25) is 5.02 Å². The largest absolute Gasteiger partial charge is 0.276 e. The summed E-state index contributed by atoms with van der Waals surface area (Å²) in [6, 6.07) is 5.26. The Morgan fingerprint density at radius 2 is 2.17 bits per heavy atom. The van der Waals surface area contributed by atoms with Crippen molar-refractivity contribution < 1.29 is 4.79 Å². The van der Waals surface area contributed by atoms with Gasteiger partial charge in [-0.25, -0.2) is 0 Å². The number of rotatable bonds is 2. The molecule has 0 aliphatic carbocycles. The summed E-state index contributed by atoms with van der Waals surface area (Å²) in [4.78, 5) is 10.7. The molecule has 0 aromatic heterocycles. The Labute approximate surface area is 81.3 Å². The van der Waals surface area contributed by atoms with E-state index in [-0.39, 0.29) is 0 Å². The molecule has 1 rings (SSSR count). The van der Waals surface area contributed by atoms with Crippen molar-refractivity contribution >= 4 is 28.4 Å². The van der Waals surface area contributed by atoms with Crippen LogP contribution in [0.15, 0.2) is 18.2 Å². The van der Waals surface area contributed by atoms with Gasteiger partial charge in [0.1, 0.15) is 0 Å². The van der Waals surface area contributed by atoms with Crippen LogP contribution in [0, 0.1) is 0 Å². The minimum atomic E-state index is -0.511. The Hall–Kier alpha value is -0.530. The summed E-state index contributed by atoms with van der Waals surface area (Å²) in [5.74, 6) is 0. The Bertz CT molecular complexity index is 307. The van der Waals surface area contributed by atoms with Gasteiger partial charge >= 0.3 is 0 Å². The summed E-state index contributed by atoms with van der Waals surface area (Å²) in [5.41, 5.74) is 1.47. The second kappa shape index (κ2) is 3.92. The lowest BCUT2D eigenvalue weighted by Crippen LogP contribution is -1.91. The summed E-state index contributed by atoms with van der Waals surface area (Å²) in [5, 5.41) is -0.0861. The highest BCUT2D eigenvalue weighted by Gasteiger charge is 2.06. The normalized spacial score (nSPS) is 9.92. The zero-order chi connectivity index (χ0) is 9.14. The number of carbonyl (C=O) groups excluding carboxylic acids is 1. The molecule has 1 aromatic carbocycles. The van der Waals surface area contributed by atoms with E-state index in [0.717, 1.165) is 12.0 Å². The monoisotopic (exact) mass is 202 g/mol. The van der Waals surface area contributed by atoms with Gasteiger partial charge in [-0.2, -0.15) is 0 Å². The molecule has 0 bridgehead atoms. The predicted molar refractivity (Wildman–Crippen MR) is 51.0 cm³/mol. The third-order valence-corrected chi connectivity index (χ3v) is 2.17. The molecule has 0 heterocycles. The fourth-order valence-electron chi connectivity index (χ4n) is 0.938. The van der Waals surface area contributed by atoms with Crippen molar-refractivity contribution in [3.63, 3.8) is 0 Å². The molecule has 0 radical (unpaired) electrons. The molecule has 0 fully saturated rings. The number of benzene rings is 1. The van der Waals surface area contributed by atoms with E-state index in [0.29, 0.717) is 10.6 Å². The standard InChI is InChI=1S/C9H8Cl2O/c1-2-6-3-4-7(9(11)12)8(10)5-6/h3-5H,2H2,1H3. The fourth-order valence-corrected chi connectivity index (χ4v) is 1.44. The lowest BCUT2D eigenvalue weighted by atomic mass is 10.1. The van der Waals surface area contributed by atoms with E-state index in [4.69, 9.17) is 23.2 Å². The molecule has 3 heteroatoms. The van der Waals surface area contributed by atoms with Crippen LogP contribution in [0.1, 0.15) is 22.8 Å². The Balaban J connectivity index is 3.12. The zero-order valence-electron chi connectivity index (χ0n) is 6.60. The van der Waals surface area contributed by atoms with Gasteiger partial charge < -0.3 is 0 Å². The van der Waals surface area contributed by atoms with E-state index in [1.807, 2.05) is 13.0 Å². The van der Waals surface area contributed by atoms with E-state index in [1.54, 1.807) is 12.1 Å². The van der Waals surface area contributed by atoms with Crippen molar-refractivity contribution in [3.05, 3.63) is 34.3 Å². The summed E-state index contributed by atoms with van der Waals surface area (Å²) in [7, 11) is 0. The van der Waals surface area contributed by atoms with E-state index < -0.39 is 5.24 Å². The molecule has 0 atom stereocenters. The molecule has 0 spiro atoms. The highest BCUT2D eigenvalue weighted by Crippen LogP contribution is 2.19. The molecule has 64 valence electrons. The van der Waals surface area contributed by atoms with Gasteiger partial charge in [0.25, 0.3) is 5.24 Å². The van der Waals surface area contributed by atoms with Crippen molar-refractivity contribution in [2.75, 3.05) is 0 Å². The zero-order valence-corrected chi connectivity index (χ0v) is 8.12. The number of halogens is 2. The van der Waals surface area contributed by atoms with Crippen LogP contribution in [0.3, 0.4) is 0 Å². The van der Waals surface area contributed by atoms with Crippen LogP contribution in [0.4, 0.5) is 0 Å². The van der Waals surface area contributed by atoms with Crippen LogP contribution in [0.25, 0.3) is 0 Å². The minimum Gasteiger partial charge on any atom is -0.276 e. The van der Waals surface area contributed by atoms with Crippen molar-refractivity contribution in [3.8, 4) is 0 Å². The molecular weight excluding hydrogens is 195 g/mol. The van der Waals surface area contributed by atoms with Gasteiger partial charge in [-0.05, 0) is 35.7 Å². The van der Waals surface area contributed by atoms with Crippen LogP contribution in [-0.4, -0.2) is 5.24 Å². The second-order valence-electron chi connectivity index (χ2n) is 2.44. The van der Waals surface area contributed by atoms with E-state index >= 15 is 0 Å². The lowest BCUT2D eigenvalue weighted by molar-refractivity contribution is 0.108. The van der Waals surface area contributed by atoms with Crippen LogP contribution in [0.5, 0.6) is 0 Å². The average Bonchev–Trinajstić information content (AvgIpc) is 2.03. The van der Waals surface area contributed by atoms with E-state index in [9.17, 15) is 4.79 Å². The Kier molecular flexibility index (Phi) is 3.12. The van der Waals surface area contributed by atoms with Gasteiger partial charge in [-0.3, -0.25) is 4.79 Å². The molecule has 0 amide bonds. The molecule has 0 saturated carbocycles. The Morgan fingerprint density at radius 1 is 1.50 bits per heavy atom. The fraction of sp³-hybridized carbons (Fsp3) is 0.222. The quantitative estimate of drug-likeness (QED) is 0.674. The van der Waals surface area contributed by atoms with Gasteiger partial charge in [0.15, 0.2) is 0 Å². The molecule has 0 aliphatic rings. The predicted octanol–water partition coefficient (Wildman–Crippen LogP) is 3.28. The molecule has 12 heavy (non-hydrogen) atoms. The molecule has 0 N–H and O–H groups in total. The van der Waals surface area contributed by atoms with Crippen LogP contribution in [-0.2, 0) is 6.42 Å². The molecular formula is C9H8Cl2O. The highest BCUT2D eigenvalue weighted by molar-refractivity contribution is 6.68. The Morgan fingerprint density at radius 3 is 2.58 bits per heavy atom. The van der Waals surface area contributed by atoms with Gasteiger partial charge in [0.05, 0.1) is 10.6 Å². The first-order valence-corrected chi connectivity index (χ1v) is 4.39. The maximum absolute atomic E-state index is 10.7. The summed E-state index contributed by atoms with van der Waals surface area (Å²) >= 11 is 11.1. The maximum atomic E-state index is 10.7. The van der Waals surface area contributed by atoms with Gasteiger partial charge in [-0.1, -0.05) is 24.6 Å². The van der Waals surface area contributed by atoms with Gasteiger partial charge in [-0.15, -0.1) is 0 Å². The first kappa shape index (κ1) is 9.56. The number of hydrogen-bond donors (Lipinski definition) is 0. The minimum absolute atomic E-state index is 0.371. The lowest BCUT2D eigenvalue weighted by Gasteiger charge is -2.00. The SMILES string of the molecule is CCc1ccc(C(=O)Cl)c(Cl)c1. The second-order valence-corrected chi connectivity index (χ2v) is 3.19. The number of aryl methyl sites for hydroxylation is 1. The highest BCUT2D eigenvalue weighted by atomic mass is 35.5. The summed E-state index contributed by atoms with van der Waals surface area (Å²) < 4.78 is 0. The maximum Gasteiger partial charge on any atom is 0.253 e. The number of carbonyl (C=O) groups is 1. The van der Waals surface area contributed by atoms with Crippen molar-refractivity contribution in [2.24, 2.45) is 0 Å². The molecule has 1 nitrogen and oxygen atoms in total. The first-order valence-electron chi connectivity index (χ1n) is 3.63. The summed E-state index contributed by atoms with van der Waals surface area (Å²) in [6.07, 6.45) is 0.899. The van der Waals surface area contributed by atoms with Crippen molar-refractivity contribution in [2.45, 2.75) is 13.3 Å². The molecule has 0 saturated heterocycles. The molecule has 1 aromatic rings. The topological polar surface area (TPSA) is 17.1 Å². The van der Waals surface area contributed by atoms with Crippen molar-refractivity contribution in [1.29, 1.82) is 0 Å². The van der Waals surface area contributed by atoms with Gasteiger partial charge in [0.2, 0.25) is 0 Å². The van der Waals surface area contributed by atoms with Crippen LogP contribution >= 0.6 is 23.2 Å². The van der Waals surface area contributed by atoms with E-state index in [1.165, 1.54) is 0 Å². The van der Waals surface area contributed by atoms with Gasteiger partial charge in [0, 0.05) is 0 Å². The third kappa shape index (κ3) is 1.99. The first-order chi connectivity index (χ1) is 5.65. The van der Waals surface area contributed by atoms with Crippen molar-refractivity contribution in [1.82, 2.24) is 0 Å². The summed E-state index contributed by atoms with van der Waals surface area (Å²) in [6.45, 7) is 2.02.